The summed E-state index contributed by atoms with van der Waals surface area (Å²) in [6, 6.07) is 7.85. The molecule has 7 heteroatoms. The van der Waals surface area contributed by atoms with E-state index in [4.69, 9.17) is 4.74 Å². The summed E-state index contributed by atoms with van der Waals surface area (Å²) >= 11 is -0.689. The molecule has 1 aliphatic rings. The smallest absolute Gasteiger partial charge is 0.0785 e. The van der Waals surface area contributed by atoms with E-state index in [1.54, 1.807) is 6.07 Å². The van der Waals surface area contributed by atoms with Gasteiger partial charge in [0.2, 0.25) is 0 Å². The maximum Gasteiger partial charge on any atom is 0.0785 e. The molecule has 2 radical (unpaired) electrons. The number of hydrogen-bond donors (Lipinski definition) is 0. The predicted molar refractivity (Wildman–Crippen MR) is 102 cm³/mol. The van der Waals surface area contributed by atoms with Crippen LogP contribution in [0.3, 0.4) is 0 Å². The molecule has 1 aliphatic heterocycles. The molecule has 1 fully saturated rings. The van der Waals surface area contributed by atoms with Gasteiger partial charge in [-0.2, -0.15) is 0 Å². The number of nitrogens with zero attached hydrogens (tertiary/aromatic N) is 1. The quantitative estimate of drug-likeness (QED) is 0.183. The zero-order valence-corrected chi connectivity index (χ0v) is 18.6. The van der Waals surface area contributed by atoms with Crippen LogP contribution in [-0.4, -0.2) is 39.9 Å². The molecule has 0 spiro atoms. The van der Waals surface area contributed by atoms with E-state index in [2.05, 4.69) is 21.8 Å². The number of alkyl halides is 3. The summed E-state index contributed by atoms with van der Waals surface area (Å²) in [5, 5.41) is 0. The summed E-state index contributed by atoms with van der Waals surface area (Å²) in [6.45, 7) is 2.02. The number of rotatable bonds is 6. The number of ether oxygens (including phenoxy) is 1. The monoisotopic (exact) mass is 499 g/mol. The first-order valence-corrected chi connectivity index (χ1v) is 12.3. The summed E-state index contributed by atoms with van der Waals surface area (Å²) < 4.78 is 62.1. The average Bonchev–Trinajstić information content (AvgIpc) is 3.53. The molecule has 28 heavy (non-hydrogen) atoms. The predicted octanol–water partition coefficient (Wildman–Crippen LogP) is 5.06. The Morgan fingerprint density at radius 1 is 1.18 bits per heavy atom. The molecule has 3 rings (SSSR count). The van der Waals surface area contributed by atoms with Crippen molar-refractivity contribution in [3.05, 3.63) is 65.2 Å². The first kappa shape index (κ1) is 22.7. The second-order valence-electron chi connectivity index (χ2n) is 6.16. The summed E-state index contributed by atoms with van der Waals surface area (Å²) in [5.41, 5.74) is -1.24. The summed E-state index contributed by atoms with van der Waals surface area (Å²) in [5.74, 6) is -0.766. The molecule has 1 saturated heterocycles. The van der Waals surface area contributed by atoms with Crippen LogP contribution in [0, 0.1) is 15.7 Å². The normalized spacial score (nSPS) is 17.8. The fourth-order valence-corrected chi connectivity index (χ4v) is 5.16. The first-order chi connectivity index (χ1) is 13.5. The van der Waals surface area contributed by atoms with Crippen LogP contribution >= 0.6 is 0 Å². The molecular formula is C21H21F4NOSn. The van der Waals surface area contributed by atoms with Gasteiger partial charge in [0.1, 0.15) is 0 Å². The Morgan fingerprint density at radius 3 is 2.39 bits per heavy atom. The van der Waals surface area contributed by atoms with Crippen molar-refractivity contribution in [3.63, 3.8) is 0 Å². The molecule has 148 valence electrons. The third kappa shape index (κ3) is 5.06. The van der Waals surface area contributed by atoms with Gasteiger partial charge < -0.3 is 0 Å². The molecule has 1 aromatic heterocycles. The molecule has 2 heterocycles. The fourth-order valence-electron chi connectivity index (χ4n) is 2.62. The van der Waals surface area contributed by atoms with Gasteiger partial charge in [-0.3, -0.25) is 4.39 Å². The van der Waals surface area contributed by atoms with Gasteiger partial charge in [0.25, 0.3) is 0 Å². The van der Waals surface area contributed by atoms with Crippen LogP contribution in [0.25, 0.3) is 0 Å². The van der Waals surface area contributed by atoms with E-state index >= 15 is 0 Å². The number of aromatic nitrogens is 1. The molecule has 0 N–H and O–H groups in total. The molecule has 1 unspecified atom stereocenters. The first-order valence-electron chi connectivity index (χ1n) is 8.85. The van der Waals surface area contributed by atoms with Crippen molar-refractivity contribution < 1.29 is 22.3 Å². The van der Waals surface area contributed by atoms with Gasteiger partial charge in [-0.05, 0) is 0 Å². The Kier molecular flexibility index (Phi) is 8.32. The summed E-state index contributed by atoms with van der Waals surface area (Å²) in [4.78, 5) is 3.93. The molecule has 1 aromatic carbocycles. The van der Waals surface area contributed by atoms with Crippen LogP contribution in [0.15, 0.2) is 42.6 Å². The van der Waals surface area contributed by atoms with Gasteiger partial charge in [0.05, 0.1) is 7.18 Å². The van der Waals surface area contributed by atoms with Gasteiger partial charge in [0.15, 0.2) is 0 Å². The van der Waals surface area contributed by atoms with Crippen molar-refractivity contribution in [1.29, 1.82) is 0 Å². The number of halogens is 4. The van der Waals surface area contributed by atoms with E-state index in [-0.39, 0.29) is 17.9 Å². The van der Waals surface area contributed by atoms with E-state index in [1.165, 1.54) is 41.7 Å². The van der Waals surface area contributed by atoms with Crippen LogP contribution in [0.2, 0.25) is 4.44 Å². The molecule has 0 bridgehead atoms. The zero-order valence-electron chi connectivity index (χ0n) is 15.7. The molecule has 0 amide bonds. The number of pyridine rings is 1. The maximum absolute atomic E-state index is 15.0. The minimum Gasteiger partial charge on any atom is -0.255 e. The second kappa shape index (κ2) is 10.3. The van der Waals surface area contributed by atoms with Crippen molar-refractivity contribution in [3.8, 4) is 9.86 Å². The van der Waals surface area contributed by atoms with Crippen LogP contribution in [0.5, 0.6) is 0 Å². The molecule has 1 atom stereocenters. The average molecular weight is 498 g/mol. The van der Waals surface area contributed by atoms with Crippen molar-refractivity contribution in [2.24, 2.45) is 0 Å². The van der Waals surface area contributed by atoms with E-state index in [9.17, 15) is 17.6 Å². The van der Waals surface area contributed by atoms with Crippen LogP contribution in [-0.2, 0) is 16.3 Å². The fraction of sp³-hybridized carbons (Fsp3) is 0.381. The van der Waals surface area contributed by atoms with Gasteiger partial charge >= 0.3 is 157 Å². The van der Waals surface area contributed by atoms with Crippen LogP contribution in [0.4, 0.5) is 17.6 Å². The Balaban J connectivity index is 0.00000136. The maximum atomic E-state index is 15.0. The number of hydrogen-bond acceptors (Lipinski definition) is 2. The van der Waals surface area contributed by atoms with E-state index in [0.717, 1.165) is 12.1 Å². The number of benzene rings is 1. The number of epoxide rings is 1. The van der Waals surface area contributed by atoms with Gasteiger partial charge in [-0.1, -0.05) is 0 Å². The van der Waals surface area contributed by atoms with Crippen LogP contribution in [0.1, 0.15) is 36.6 Å². The van der Waals surface area contributed by atoms with Gasteiger partial charge in [0, 0.05) is 0 Å². The third-order valence-corrected chi connectivity index (χ3v) is 6.87. The third-order valence-electron chi connectivity index (χ3n) is 4.29. The minimum absolute atomic E-state index is 0.126. The summed E-state index contributed by atoms with van der Waals surface area (Å²) in [7, 11) is 0.500. The van der Waals surface area contributed by atoms with Crippen LogP contribution < -0.4 is 0 Å². The molecule has 2 aromatic rings. The largest absolute Gasteiger partial charge is 0.255 e. The Morgan fingerprint density at radius 2 is 1.86 bits per heavy atom. The van der Waals surface area contributed by atoms with Gasteiger partial charge in [-0.25, -0.2) is 4.39 Å². The zero-order chi connectivity index (χ0) is 20.6. The standard InChI is InChI=1S/C16H9F3NO.C4H9.CH3F.Sn/c1-2-11-3-8-14(20-9-11)16(18,19)15(10-21-15)12-4-6-13(17)7-5-12;1-3-4-2;1-2;/h3-9H,10H2;1,3-4H2,2H3;1H3;. The van der Waals surface area contributed by atoms with Crippen molar-refractivity contribution in [2.45, 2.75) is 35.7 Å². The SMILES string of the molecule is CCC[CH2][Sn][C]#Cc1ccc(C(F)(F)C2(c3ccc(F)cc3)CO2)nc1.CF. The van der Waals surface area contributed by atoms with Crippen molar-refractivity contribution in [2.75, 3.05) is 13.8 Å². The van der Waals surface area contributed by atoms with Crippen molar-refractivity contribution >= 4 is 21.1 Å². The molecule has 2 nitrogen and oxygen atoms in total. The number of unbranched alkanes of at least 4 members (excludes halogenated alkanes) is 1. The van der Waals surface area contributed by atoms with Crippen molar-refractivity contribution in [1.82, 2.24) is 4.98 Å². The molecule has 0 saturated carbocycles. The van der Waals surface area contributed by atoms with E-state index in [1.807, 2.05) is 0 Å². The molecular weight excluding hydrogens is 477 g/mol. The van der Waals surface area contributed by atoms with E-state index in [0.29, 0.717) is 12.7 Å². The van der Waals surface area contributed by atoms with Gasteiger partial charge in [-0.15, -0.1) is 0 Å². The second-order valence-corrected chi connectivity index (χ2v) is 9.31. The Labute approximate surface area is 172 Å². The van der Waals surface area contributed by atoms with E-state index < -0.39 is 38.5 Å². The minimum atomic E-state index is -3.31. The topological polar surface area (TPSA) is 25.4 Å². The summed E-state index contributed by atoms with van der Waals surface area (Å²) in [6.07, 6.45) is 3.76. The Bertz CT molecular complexity index is 809. The molecule has 0 aliphatic carbocycles. The Hall–Kier alpha value is -1.59.